The lowest BCUT2D eigenvalue weighted by Crippen LogP contribution is -2.54. The molecule has 2 atom stereocenters. The van der Waals surface area contributed by atoms with E-state index in [1.54, 1.807) is 24.3 Å². The molecule has 1 spiro atoms. The second-order valence-corrected chi connectivity index (χ2v) is 11.6. The van der Waals surface area contributed by atoms with Gasteiger partial charge in [0.15, 0.2) is 5.82 Å². The molecule has 1 aromatic carbocycles. The number of nitrogens with one attached hydrogen (secondary N) is 3. The van der Waals surface area contributed by atoms with Gasteiger partial charge in [-0.3, -0.25) is 25.0 Å². The molecule has 4 aliphatic heterocycles. The smallest absolute Gasteiger partial charge is 0.475 e. The van der Waals surface area contributed by atoms with E-state index in [0.29, 0.717) is 22.5 Å². The molecule has 0 bridgehead atoms. The first-order valence-electron chi connectivity index (χ1n) is 14.2. The van der Waals surface area contributed by atoms with Gasteiger partial charge in [-0.1, -0.05) is 12.1 Å². The van der Waals surface area contributed by atoms with E-state index >= 15 is 0 Å². The van der Waals surface area contributed by atoms with Crippen molar-refractivity contribution in [3.8, 4) is 0 Å². The fraction of sp³-hybridized carbons (Fsp3) is 0.500. The molecule has 46 heavy (non-hydrogen) atoms. The zero-order chi connectivity index (χ0) is 33.4. The minimum atomic E-state index is -5.08. The van der Waals surface area contributed by atoms with E-state index in [4.69, 9.17) is 9.90 Å². The highest BCUT2D eigenvalue weighted by Gasteiger charge is 2.45. The molecule has 18 heteroatoms. The van der Waals surface area contributed by atoms with Crippen molar-refractivity contribution < 1.29 is 50.6 Å². The van der Waals surface area contributed by atoms with Crippen molar-refractivity contribution in [1.82, 2.24) is 31.0 Å². The Morgan fingerprint density at radius 1 is 1.09 bits per heavy atom. The summed E-state index contributed by atoms with van der Waals surface area (Å²) in [5.41, 5.74) is 1.60. The number of fused-ring (bicyclic) bond motifs is 1. The molecule has 6 rings (SSSR count). The number of hydrogen-bond acceptors (Lipinski definition) is 9. The SMILES string of the molecule is O=C(O)C(F)(F)F.O=C1CCC(N2Cc3cc(CNC(c4ccc(N5CCC6(CNC6)C5)nn4)C(F)(F)F)ccc3C2=O)C(=O)N1. The number of nitrogens with zero attached hydrogens (tertiary/aromatic N) is 4. The van der Waals surface area contributed by atoms with Crippen molar-refractivity contribution in [3.05, 3.63) is 52.7 Å². The van der Waals surface area contributed by atoms with Gasteiger partial charge in [0.25, 0.3) is 5.91 Å². The number of piperidine rings is 1. The average Bonchev–Trinajstić information content (AvgIpc) is 3.55. The Balaban J connectivity index is 0.000000537. The van der Waals surface area contributed by atoms with Crippen LogP contribution in [-0.4, -0.2) is 88.5 Å². The van der Waals surface area contributed by atoms with E-state index in [1.165, 1.54) is 11.0 Å². The monoisotopic (exact) mass is 657 g/mol. The van der Waals surface area contributed by atoms with Crippen LogP contribution in [0.3, 0.4) is 0 Å². The van der Waals surface area contributed by atoms with Crippen molar-refractivity contribution >= 4 is 29.5 Å². The normalized spacial score (nSPS) is 21.3. The van der Waals surface area contributed by atoms with Gasteiger partial charge in [0.1, 0.15) is 12.1 Å². The fourth-order valence-electron chi connectivity index (χ4n) is 5.90. The summed E-state index contributed by atoms with van der Waals surface area (Å²) in [6.07, 6.45) is -8.28. The third-order valence-electron chi connectivity index (χ3n) is 8.40. The van der Waals surface area contributed by atoms with Crippen molar-refractivity contribution in [2.75, 3.05) is 31.1 Å². The Bertz CT molecular complexity index is 1510. The predicted molar refractivity (Wildman–Crippen MR) is 146 cm³/mol. The first-order chi connectivity index (χ1) is 21.6. The van der Waals surface area contributed by atoms with Gasteiger partial charge >= 0.3 is 18.3 Å². The molecule has 4 aliphatic rings. The van der Waals surface area contributed by atoms with E-state index in [1.807, 2.05) is 0 Å². The Morgan fingerprint density at radius 3 is 2.35 bits per heavy atom. The predicted octanol–water partition coefficient (Wildman–Crippen LogP) is 2.06. The van der Waals surface area contributed by atoms with E-state index in [2.05, 4.69) is 31.0 Å². The summed E-state index contributed by atoms with van der Waals surface area (Å²) in [5, 5.41) is 23.3. The highest BCUT2D eigenvalue weighted by Crippen LogP contribution is 2.37. The van der Waals surface area contributed by atoms with Crippen LogP contribution in [-0.2, 0) is 27.5 Å². The first kappa shape index (κ1) is 33.1. The number of aromatic nitrogens is 2. The molecule has 5 heterocycles. The number of rotatable bonds is 6. The molecule has 12 nitrogen and oxygen atoms in total. The molecule has 2 unspecified atom stereocenters. The van der Waals surface area contributed by atoms with Gasteiger partial charge in [-0.05, 0) is 42.2 Å². The van der Waals surface area contributed by atoms with Crippen LogP contribution in [0.4, 0.5) is 32.2 Å². The number of imide groups is 1. The fourth-order valence-corrected chi connectivity index (χ4v) is 5.90. The summed E-state index contributed by atoms with van der Waals surface area (Å²) in [4.78, 5) is 48.9. The van der Waals surface area contributed by atoms with Crippen LogP contribution in [0, 0.1) is 5.41 Å². The van der Waals surface area contributed by atoms with E-state index in [9.17, 15) is 40.7 Å². The van der Waals surface area contributed by atoms with Gasteiger partial charge in [-0.25, -0.2) is 4.79 Å². The number of benzene rings is 1. The lowest BCUT2D eigenvalue weighted by molar-refractivity contribution is -0.192. The van der Waals surface area contributed by atoms with E-state index < -0.39 is 36.3 Å². The van der Waals surface area contributed by atoms with Gasteiger partial charge in [0.2, 0.25) is 11.8 Å². The summed E-state index contributed by atoms with van der Waals surface area (Å²) in [5.74, 6) is -3.40. The highest BCUT2D eigenvalue weighted by molar-refractivity contribution is 6.05. The molecule has 3 amide bonds. The van der Waals surface area contributed by atoms with Crippen molar-refractivity contribution in [3.63, 3.8) is 0 Å². The van der Waals surface area contributed by atoms with Crippen molar-refractivity contribution in [2.24, 2.45) is 5.41 Å². The second-order valence-electron chi connectivity index (χ2n) is 11.6. The zero-order valence-corrected chi connectivity index (χ0v) is 24.0. The number of halogens is 6. The van der Waals surface area contributed by atoms with Gasteiger partial charge < -0.3 is 20.2 Å². The summed E-state index contributed by atoms with van der Waals surface area (Å²) in [7, 11) is 0. The minimum Gasteiger partial charge on any atom is -0.475 e. The zero-order valence-electron chi connectivity index (χ0n) is 24.0. The molecular formula is C28H29F6N7O5. The number of aliphatic carboxylic acids is 1. The maximum absolute atomic E-state index is 14.0. The Morgan fingerprint density at radius 2 is 1.80 bits per heavy atom. The number of anilines is 1. The van der Waals surface area contributed by atoms with Gasteiger partial charge in [0.05, 0.1) is 5.69 Å². The van der Waals surface area contributed by atoms with Gasteiger partial charge in [-0.15, -0.1) is 5.10 Å². The van der Waals surface area contributed by atoms with Crippen LogP contribution in [0.2, 0.25) is 0 Å². The number of hydrogen-bond donors (Lipinski definition) is 4. The van der Waals surface area contributed by atoms with E-state index in [-0.39, 0.29) is 48.9 Å². The van der Waals surface area contributed by atoms with Crippen LogP contribution in [0.15, 0.2) is 30.3 Å². The van der Waals surface area contributed by atoms with Crippen molar-refractivity contribution in [2.45, 2.75) is 56.8 Å². The van der Waals surface area contributed by atoms with Crippen LogP contribution in [0.25, 0.3) is 0 Å². The molecular weight excluding hydrogens is 628 g/mol. The van der Waals surface area contributed by atoms with Crippen LogP contribution >= 0.6 is 0 Å². The summed E-state index contributed by atoms with van der Waals surface area (Å²) >= 11 is 0. The van der Waals surface area contributed by atoms with Crippen molar-refractivity contribution in [1.29, 1.82) is 0 Å². The Labute approximate surface area is 257 Å². The highest BCUT2D eigenvalue weighted by atomic mass is 19.4. The second kappa shape index (κ2) is 12.5. The topological polar surface area (TPSA) is 157 Å². The Hall–Kier alpha value is -4.32. The molecule has 0 aliphatic carbocycles. The summed E-state index contributed by atoms with van der Waals surface area (Å²) in [6, 6.07) is 5.03. The van der Waals surface area contributed by atoms with Gasteiger partial charge in [0, 0.05) is 56.7 Å². The third-order valence-corrected chi connectivity index (χ3v) is 8.40. The maximum atomic E-state index is 14.0. The number of amides is 3. The Kier molecular flexibility index (Phi) is 8.96. The molecule has 4 N–H and O–H groups in total. The van der Waals surface area contributed by atoms with E-state index in [0.717, 1.165) is 32.6 Å². The number of carboxylic acid groups (broad SMARTS) is 1. The molecule has 0 radical (unpaired) electrons. The molecule has 3 saturated heterocycles. The lowest BCUT2D eigenvalue weighted by Gasteiger charge is -2.39. The summed E-state index contributed by atoms with van der Waals surface area (Å²) < 4.78 is 73.7. The minimum absolute atomic E-state index is 0.116. The molecule has 2 aromatic rings. The molecule has 1 aromatic heterocycles. The van der Waals surface area contributed by atoms with Crippen LogP contribution < -0.4 is 20.9 Å². The summed E-state index contributed by atoms with van der Waals surface area (Å²) in [6.45, 7) is 3.55. The molecule has 3 fully saturated rings. The number of carbonyl (C=O) groups is 4. The number of carboxylic acids is 1. The van der Waals surface area contributed by atoms with Crippen LogP contribution in [0.1, 0.15) is 52.5 Å². The lowest BCUT2D eigenvalue weighted by atomic mass is 9.81. The largest absolute Gasteiger partial charge is 0.490 e. The van der Waals surface area contributed by atoms with Crippen LogP contribution in [0.5, 0.6) is 0 Å². The van der Waals surface area contributed by atoms with Gasteiger partial charge in [-0.2, -0.15) is 31.4 Å². The standard InChI is InChI=1S/C26H28F3N7O3.C2HF3O2/c27-26(28,29)22(18-3-5-20(34-33-18)35-8-7-25(14-35)12-30-13-25)31-10-15-1-2-17-16(9-15)11-36(24(17)39)19-4-6-21(37)32-23(19)38;3-2(4,5)1(6)7/h1-3,5,9,19,22,30-31H,4,6-8,10-14H2,(H,32,37,38);(H,6,7). The number of carbonyl (C=O) groups excluding carboxylic acids is 3. The average molecular weight is 658 g/mol. The quantitative estimate of drug-likeness (QED) is 0.268. The third kappa shape index (κ3) is 7.06. The molecule has 0 saturated carbocycles. The molecule has 248 valence electrons. The maximum Gasteiger partial charge on any atom is 0.490 e. The first-order valence-corrected chi connectivity index (χ1v) is 14.2. The number of alkyl halides is 6.